The molecule has 0 bridgehead atoms. The second-order valence-electron chi connectivity index (χ2n) is 6.76. The van der Waals surface area contributed by atoms with E-state index >= 15 is 0 Å². The molecule has 2 aromatic rings. The number of sulfonamides is 1. The zero-order valence-corrected chi connectivity index (χ0v) is 17.3. The highest BCUT2D eigenvalue weighted by molar-refractivity contribution is 7.89. The van der Waals surface area contributed by atoms with Crippen LogP contribution in [0.15, 0.2) is 52.5 Å². The Labute approximate surface area is 177 Å². The van der Waals surface area contributed by atoms with Gasteiger partial charge in [0.15, 0.2) is 0 Å². The van der Waals surface area contributed by atoms with Crippen LogP contribution in [0.2, 0.25) is 0 Å². The maximum absolute atomic E-state index is 12.7. The van der Waals surface area contributed by atoms with E-state index in [1.807, 2.05) is 0 Å². The summed E-state index contributed by atoms with van der Waals surface area (Å²) in [6.07, 6.45) is 1.51. The summed E-state index contributed by atoms with van der Waals surface area (Å²) in [5, 5.41) is 15.6. The van der Waals surface area contributed by atoms with Gasteiger partial charge in [0.05, 0.1) is 15.5 Å². The van der Waals surface area contributed by atoms with E-state index in [2.05, 4.69) is 15.3 Å². The Morgan fingerprint density at radius 2 is 1.84 bits per heavy atom. The third-order valence-electron chi connectivity index (χ3n) is 4.71. The lowest BCUT2D eigenvalue weighted by Crippen LogP contribution is -2.27. The molecule has 3 rings (SSSR count). The van der Waals surface area contributed by atoms with Crippen LogP contribution in [0.5, 0.6) is 5.75 Å². The van der Waals surface area contributed by atoms with Crippen molar-refractivity contribution in [2.24, 2.45) is 5.10 Å². The van der Waals surface area contributed by atoms with Crippen LogP contribution in [-0.4, -0.2) is 43.1 Å². The van der Waals surface area contributed by atoms with Gasteiger partial charge in [-0.2, -0.15) is 18.2 Å². The van der Waals surface area contributed by atoms with Gasteiger partial charge in [-0.3, -0.25) is 15.5 Å². The van der Waals surface area contributed by atoms with E-state index in [4.69, 9.17) is 0 Å². The van der Waals surface area contributed by atoms with Crippen molar-refractivity contribution in [2.75, 3.05) is 18.5 Å². The number of hydrogen-bond donors (Lipinski definition) is 1. The summed E-state index contributed by atoms with van der Waals surface area (Å²) in [4.78, 5) is 10.7. The number of nitrogens with one attached hydrogen (secondary N) is 1. The third kappa shape index (κ3) is 5.33. The fraction of sp³-hybridized carbons (Fsp3) is 0.316. The zero-order chi connectivity index (χ0) is 22.6. The van der Waals surface area contributed by atoms with Crippen molar-refractivity contribution < 1.29 is 26.9 Å². The van der Waals surface area contributed by atoms with E-state index in [1.165, 1.54) is 40.7 Å². The Bertz CT molecular complexity index is 1080. The largest absolute Gasteiger partial charge is 0.435 e. The quantitative estimate of drug-likeness (QED) is 0.369. The second-order valence-corrected chi connectivity index (χ2v) is 8.70. The molecule has 1 aliphatic heterocycles. The average molecular weight is 454 g/mol. The Kier molecular flexibility index (Phi) is 6.81. The average Bonchev–Trinajstić information content (AvgIpc) is 3.27. The van der Waals surface area contributed by atoms with Crippen LogP contribution in [0.1, 0.15) is 25.3 Å². The number of rotatable bonds is 8. The molecule has 1 fully saturated rings. The number of nitro groups is 1. The van der Waals surface area contributed by atoms with Gasteiger partial charge in [0.25, 0.3) is 5.69 Å². The number of nitro benzene ring substituents is 1. The molecule has 0 amide bonds. The van der Waals surface area contributed by atoms with Crippen LogP contribution < -0.4 is 10.2 Å². The summed E-state index contributed by atoms with van der Waals surface area (Å²) in [6, 6.07) is 9.32. The summed E-state index contributed by atoms with van der Waals surface area (Å²) in [7, 11) is -3.80. The first-order chi connectivity index (χ1) is 14.7. The SMILES string of the molecule is CC(=NNc1ccc(S(=O)(=O)N2CCCC2)cc1[N+](=O)[O-])c1ccc(OC(F)F)cc1. The predicted molar refractivity (Wildman–Crippen MR) is 110 cm³/mol. The molecule has 0 aromatic heterocycles. The molecule has 1 N–H and O–H groups in total. The molecule has 1 saturated heterocycles. The highest BCUT2D eigenvalue weighted by Gasteiger charge is 2.29. The number of ether oxygens (including phenoxy) is 1. The molecule has 166 valence electrons. The van der Waals surface area contributed by atoms with Crippen molar-refractivity contribution in [1.29, 1.82) is 0 Å². The van der Waals surface area contributed by atoms with Crippen molar-refractivity contribution in [3.63, 3.8) is 0 Å². The molecule has 9 nitrogen and oxygen atoms in total. The molecule has 1 heterocycles. The maximum atomic E-state index is 12.7. The summed E-state index contributed by atoms with van der Waals surface area (Å²) >= 11 is 0. The van der Waals surface area contributed by atoms with Gasteiger partial charge in [0.1, 0.15) is 11.4 Å². The van der Waals surface area contributed by atoms with Gasteiger partial charge in [-0.15, -0.1) is 0 Å². The van der Waals surface area contributed by atoms with E-state index in [9.17, 15) is 27.3 Å². The molecule has 0 aliphatic carbocycles. The third-order valence-corrected chi connectivity index (χ3v) is 6.60. The van der Waals surface area contributed by atoms with Gasteiger partial charge in [-0.25, -0.2) is 8.42 Å². The monoisotopic (exact) mass is 454 g/mol. The number of alkyl halides is 2. The van der Waals surface area contributed by atoms with Crippen LogP contribution in [0.25, 0.3) is 0 Å². The van der Waals surface area contributed by atoms with Gasteiger partial charge < -0.3 is 4.74 Å². The van der Waals surface area contributed by atoms with Crippen molar-refractivity contribution in [3.8, 4) is 5.75 Å². The Balaban J connectivity index is 1.81. The molecule has 1 aliphatic rings. The van der Waals surface area contributed by atoms with Crippen LogP contribution in [0.3, 0.4) is 0 Å². The van der Waals surface area contributed by atoms with Gasteiger partial charge in [-0.1, -0.05) is 0 Å². The number of hydrazone groups is 1. The van der Waals surface area contributed by atoms with Gasteiger partial charge in [-0.05, 0) is 61.7 Å². The fourth-order valence-electron chi connectivity index (χ4n) is 3.08. The number of halogens is 2. The zero-order valence-electron chi connectivity index (χ0n) is 16.5. The van der Waals surface area contributed by atoms with Crippen molar-refractivity contribution in [1.82, 2.24) is 4.31 Å². The van der Waals surface area contributed by atoms with Crippen molar-refractivity contribution >= 4 is 27.1 Å². The molecule has 0 radical (unpaired) electrons. The lowest BCUT2D eigenvalue weighted by molar-refractivity contribution is -0.384. The first kappa shape index (κ1) is 22.6. The Morgan fingerprint density at radius 3 is 2.42 bits per heavy atom. The van der Waals surface area contributed by atoms with E-state index in [0.717, 1.165) is 18.9 Å². The molecule has 0 unspecified atom stereocenters. The predicted octanol–water partition coefficient (Wildman–Crippen LogP) is 3.82. The second kappa shape index (κ2) is 9.35. The molecule has 31 heavy (non-hydrogen) atoms. The highest BCUT2D eigenvalue weighted by Crippen LogP contribution is 2.30. The number of hydrogen-bond acceptors (Lipinski definition) is 7. The molecule has 0 atom stereocenters. The van der Waals surface area contributed by atoms with Crippen LogP contribution in [0, 0.1) is 10.1 Å². The number of nitrogens with zero attached hydrogens (tertiary/aromatic N) is 3. The molecule has 2 aromatic carbocycles. The first-order valence-electron chi connectivity index (χ1n) is 9.32. The van der Waals surface area contributed by atoms with Crippen LogP contribution in [-0.2, 0) is 10.0 Å². The normalized spacial score (nSPS) is 15.3. The lowest BCUT2D eigenvalue weighted by atomic mass is 10.1. The fourth-order valence-corrected chi connectivity index (χ4v) is 4.62. The topological polar surface area (TPSA) is 114 Å². The first-order valence-corrected chi connectivity index (χ1v) is 10.8. The lowest BCUT2D eigenvalue weighted by Gasteiger charge is -2.15. The van der Waals surface area contributed by atoms with Gasteiger partial charge in [0, 0.05) is 19.2 Å². The summed E-state index contributed by atoms with van der Waals surface area (Å²) in [5.41, 5.74) is 3.15. The Morgan fingerprint density at radius 1 is 1.19 bits per heavy atom. The molecular formula is C19H20F2N4O5S. The van der Waals surface area contributed by atoms with Gasteiger partial charge in [0.2, 0.25) is 10.0 Å². The highest BCUT2D eigenvalue weighted by atomic mass is 32.2. The van der Waals surface area contributed by atoms with Crippen molar-refractivity contribution in [2.45, 2.75) is 31.3 Å². The molecule has 0 saturated carbocycles. The summed E-state index contributed by atoms with van der Waals surface area (Å²) in [5.74, 6) is -0.00931. The minimum absolute atomic E-state index is 0.00931. The van der Waals surface area contributed by atoms with Gasteiger partial charge >= 0.3 is 6.61 Å². The minimum Gasteiger partial charge on any atom is -0.435 e. The molecular weight excluding hydrogens is 434 g/mol. The molecule has 12 heteroatoms. The Hall–Kier alpha value is -3.12. The van der Waals surface area contributed by atoms with Crippen LogP contribution in [0.4, 0.5) is 20.2 Å². The number of benzene rings is 2. The van der Waals surface area contributed by atoms with E-state index in [1.54, 1.807) is 6.92 Å². The maximum Gasteiger partial charge on any atom is 0.387 e. The van der Waals surface area contributed by atoms with E-state index in [-0.39, 0.29) is 16.3 Å². The molecule has 0 spiro atoms. The smallest absolute Gasteiger partial charge is 0.387 e. The van der Waals surface area contributed by atoms with Crippen LogP contribution >= 0.6 is 0 Å². The van der Waals surface area contributed by atoms with E-state index < -0.39 is 27.2 Å². The summed E-state index contributed by atoms with van der Waals surface area (Å²) < 4.78 is 55.4. The minimum atomic E-state index is -3.80. The number of anilines is 1. The standard InChI is InChI=1S/C19H20F2N4O5S/c1-13(14-4-6-15(7-5-14)30-19(20)21)22-23-17-9-8-16(12-18(17)25(26)27)31(28,29)24-10-2-3-11-24/h4-9,12,19,23H,2-3,10-11H2,1H3. The van der Waals surface area contributed by atoms with E-state index in [0.29, 0.717) is 24.4 Å². The van der Waals surface area contributed by atoms with Crippen molar-refractivity contribution in [3.05, 3.63) is 58.1 Å². The summed E-state index contributed by atoms with van der Waals surface area (Å²) in [6.45, 7) is -0.532.